The van der Waals surface area contributed by atoms with Crippen molar-refractivity contribution in [3.05, 3.63) is 82.9 Å². The van der Waals surface area contributed by atoms with E-state index < -0.39 is 5.97 Å². The Balaban J connectivity index is 1.40. The van der Waals surface area contributed by atoms with Crippen molar-refractivity contribution in [2.45, 2.75) is 12.8 Å². The largest absolute Gasteiger partial charge is 0.455 e. The van der Waals surface area contributed by atoms with Crippen molar-refractivity contribution in [1.29, 1.82) is 0 Å². The SMILES string of the molecule is O=C(COC(=O)Cc1ccc2ccccc2c1)NCCc1ccc(Cl)cc1. The van der Waals surface area contributed by atoms with Crippen molar-refractivity contribution in [1.82, 2.24) is 5.32 Å². The molecule has 0 saturated heterocycles. The van der Waals surface area contributed by atoms with E-state index >= 15 is 0 Å². The lowest BCUT2D eigenvalue weighted by molar-refractivity contribution is -0.147. The first-order valence-electron chi connectivity index (χ1n) is 8.74. The third kappa shape index (κ3) is 5.83. The van der Waals surface area contributed by atoms with Crippen LogP contribution in [0.3, 0.4) is 0 Å². The van der Waals surface area contributed by atoms with Crippen molar-refractivity contribution in [3.8, 4) is 0 Å². The van der Waals surface area contributed by atoms with Crippen LogP contribution < -0.4 is 5.32 Å². The number of benzene rings is 3. The highest BCUT2D eigenvalue weighted by molar-refractivity contribution is 6.30. The highest BCUT2D eigenvalue weighted by Gasteiger charge is 2.09. The molecule has 0 unspecified atom stereocenters. The molecular weight excluding hydrogens is 362 g/mol. The van der Waals surface area contributed by atoms with Crippen LogP contribution in [0.25, 0.3) is 10.8 Å². The summed E-state index contributed by atoms with van der Waals surface area (Å²) in [5, 5.41) is 5.61. The molecule has 0 fully saturated rings. The van der Waals surface area contributed by atoms with Gasteiger partial charge in [-0.15, -0.1) is 0 Å². The third-order valence-corrected chi connectivity index (χ3v) is 4.43. The normalized spacial score (nSPS) is 10.6. The van der Waals surface area contributed by atoms with Gasteiger partial charge in [-0.1, -0.05) is 66.2 Å². The lowest BCUT2D eigenvalue weighted by atomic mass is 10.1. The number of rotatable bonds is 7. The average Bonchev–Trinajstić information content (AvgIpc) is 2.68. The summed E-state index contributed by atoms with van der Waals surface area (Å²) < 4.78 is 5.07. The molecule has 27 heavy (non-hydrogen) atoms. The van der Waals surface area contributed by atoms with Gasteiger partial charge in [0.25, 0.3) is 5.91 Å². The zero-order valence-corrected chi connectivity index (χ0v) is 15.5. The first-order valence-corrected chi connectivity index (χ1v) is 9.12. The Hall–Kier alpha value is -2.85. The molecule has 3 rings (SSSR count). The van der Waals surface area contributed by atoms with Gasteiger partial charge < -0.3 is 10.1 Å². The fourth-order valence-corrected chi connectivity index (χ4v) is 2.89. The summed E-state index contributed by atoms with van der Waals surface area (Å²) in [6.07, 6.45) is 0.830. The van der Waals surface area contributed by atoms with Crippen LogP contribution in [0.4, 0.5) is 0 Å². The Labute approximate surface area is 163 Å². The molecule has 0 aromatic heterocycles. The van der Waals surface area contributed by atoms with Crippen LogP contribution >= 0.6 is 11.6 Å². The number of fused-ring (bicyclic) bond motifs is 1. The summed E-state index contributed by atoms with van der Waals surface area (Å²) in [5.74, 6) is -0.728. The predicted octanol–water partition coefficient (Wildman–Crippen LogP) is 3.94. The first-order chi connectivity index (χ1) is 13.1. The van der Waals surface area contributed by atoms with Gasteiger partial charge in [-0.25, -0.2) is 0 Å². The highest BCUT2D eigenvalue weighted by Crippen LogP contribution is 2.16. The second-order valence-electron chi connectivity index (χ2n) is 6.25. The van der Waals surface area contributed by atoms with Crippen molar-refractivity contribution < 1.29 is 14.3 Å². The zero-order valence-electron chi connectivity index (χ0n) is 14.8. The molecule has 0 saturated carbocycles. The molecular formula is C22H20ClNO3. The lowest BCUT2D eigenvalue weighted by Gasteiger charge is -2.07. The number of hydrogen-bond donors (Lipinski definition) is 1. The van der Waals surface area contributed by atoms with Crippen LogP contribution in [0.5, 0.6) is 0 Å². The molecule has 0 bridgehead atoms. The second-order valence-corrected chi connectivity index (χ2v) is 6.68. The van der Waals surface area contributed by atoms with Crippen molar-refractivity contribution in [3.63, 3.8) is 0 Å². The van der Waals surface area contributed by atoms with E-state index in [1.165, 1.54) is 0 Å². The number of ether oxygens (including phenoxy) is 1. The van der Waals surface area contributed by atoms with E-state index in [-0.39, 0.29) is 18.9 Å². The number of carbonyl (C=O) groups is 2. The van der Waals surface area contributed by atoms with Gasteiger partial charge in [0.1, 0.15) is 0 Å². The molecule has 0 heterocycles. The molecule has 5 heteroatoms. The zero-order chi connectivity index (χ0) is 19.1. The van der Waals surface area contributed by atoms with E-state index in [2.05, 4.69) is 5.32 Å². The molecule has 4 nitrogen and oxygen atoms in total. The maximum absolute atomic E-state index is 12.0. The highest BCUT2D eigenvalue weighted by atomic mass is 35.5. The quantitative estimate of drug-likeness (QED) is 0.631. The fourth-order valence-electron chi connectivity index (χ4n) is 2.76. The number of nitrogens with one attached hydrogen (secondary N) is 1. The summed E-state index contributed by atoms with van der Waals surface area (Å²) in [5.41, 5.74) is 1.94. The molecule has 0 spiro atoms. The van der Waals surface area contributed by atoms with E-state index in [1.54, 1.807) is 0 Å². The van der Waals surface area contributed by atoms with Gasteiger partial charge >= 0.3 is 5.97 Å². The summed E-state index contributed by atoms with van der Waals surface area (Å²) in [6, 6.07) is 21.2. The molecule has 138 valence electrons. The first kappa shape index (κ1) is 18.9. The molecule has 0 radical (unpaired) electrons. The smallest absolute Gasteiger partial charge is 0.310 e. The Morgan fingerprint density at radius 2 is 1.59 bits per heavy atom. The van der Waals surface area contributed by atoms with Gasteiger partial charge in [0.05, 0.1) is 6.42 Å². The van der Waals surface area contributed by atoms with E-state index in [4.69, 9.17) is 16.3 Å². The van der Waals surface area contributed by atoms with Gasteiger partial charge in [0, 0.05) is 11.6 Å². The van der Waals surface area contributed by atoms with Crippen molar-refractivity contribution in [2.24, 2.45) is 0 Å². The maximum Gasteiger partial charge on any atom is 0.310 e. The maximum atomic E-state index is 12.0. The molecule has 0 aliphatic carbocycles. The molecule has 0 aliphatic heterocycles. The van der Waals surface area contributed by atoms with Gasteiger partial charge in [0.2, 0.25) is 0 Å². The monoisotopic (exact) mass is 381 g/mol. The molecule has 3 aromatic rings. The van der Waals surface area contributed by atoms with Crippen LogP contribution in [0, 0.1) is 0 Å². The fraction of sp³-hybridized carbons (Fsp3) is 0.182. The Morgan fingerprint density at radius 1 is 0.889 bits per heavy atom. The number of carbonyl (C=O) groups excluding carboxylic acids is 2. The second kappa shape index (κ2) is 9.19. The summed E-state index contributed by atoms with van der Waals surface area (Å²) >= 11 is 5.84. The van der Waals surface area contributed by atoms with Crippen molar-refractivity contribution in [2.75, 3.05) is 13.2 Å². The summed E-state index contributed by atoms with van der Waals surface area (Å²) in [4.78, 5) is 23.8. The molecule has 1 N–H and O–H groups in total. The number of halogens is 1. The topological polar surface area (TPSA) is 55.4 Å². The van der Waals surface area contributed by atoms with Gasteiger partial charge in [0.15, 0.2) is 6.61 Å². The van der Waals surface area contributed by atoms with Crippen LogP contribution in [0.15, 0.2) is 66.7 Å². The molecule has 0 atom stereocenters. The van der Waals surface area contributed by atoms with Crippen LogP contribution in [-0.4, -0.2) is 25.0 Å². The summed E-state index contributed by atoms with van der Waals surface area (Å²) in [6.45, 7) is 0.204. The third-order valence-electron chi connectivity index (χ3n) is 4.18. The predicted molar refractivity (Wildman–Crippen MR) is 107 cm³/mol. The molecule has 3 aromatic carbocycles. The number of hydrogen-bond acceptors (Lipinski definition) is 3. The number of amides is 1. The van der Waals surface area contributed by atoms with Crippen LogP contribution in [0.2, 0.25) is 5.02 Å². The summed E-state index contributed by atoms with van der Waals surface area (Å²) in [7, 11) is 0. The molecule has 1 amide bonds. The van der Waals surface area contributed by atoms with Gasteiger partial charge in [-0.05, 0) is 40.5 Å². The van der Waals surface area contributed by atoms with Crippen molar-refractivity contribution >= 4 is 34.2 Å². The van der Waals surface area contributed by atoms with Gasteiger partial charge in [-0.2, -0.15) is 0 Å². The van der Waals surface area contributed by atoms with Crippen LogP contribution in [-0.2, 0) is 27.2 Å². The molecule has 0 aliphatic rings. The Morgan fingerprint density at radius 3 is 2.37 bits per heavy atom. The van der Waals surface area contributed by atoms with E-state index in [0.29, 0.717) is 18.0 Å². The van der Waals surface area contributed by atoms with E-state index in [0.717, 1.165) is 21.9 Å². The number of esters is 1. The Kier molecular flexibility index (Phi) is 6.44. The minimum Gasteiger partial charge on any atom is -0.455 e. The van der Waals surface area contributed by atoms with E-state index in [1.807, 2.05) is 66.7 Å². The average molecular weight is 382 g/mol. The lowest BCUT2D eigenvalue weighted by Crippen LogP contribution is -2.30. The van der Waals surface area contributed by atoms with Crippen LogP contribution in [0.1, 0.15) is 11.1 Å². The minimum atomic E-state index is -0.418. The standard InChI is InChI=1S/C22H20ClNO3/c23-20-9-6-16(7-10-20)11-12-24-21(25)15-27-22(26)14-17-5-8-18-3-1-2-4-19(18)13-17/h1-10,13H,11-12,14-15H2,(H,24,25). The Bertz CT molecular complexity index is 938. The minimum absolute atomic E-state index is 0.142. The van der Waals surface area contributed by atoms with E-state index in [9.17, 15) is 9.59 Å². The van der Waals surface area contributed by atoms with Gasteiger partial charge in [-0.3, -0.25) is 9.59 Å².